The third-order valence-corrected chi connectivity index (χ3v) is 4.04. The van der Waals surface area contributed by atoms with Crippen molar-refractivity contribution in [2.24, 2.45) is 5.92 Å². The Morgan fingerprint density at radius 2 is 2.00 bits per heavy atom. The molecule has 2 aliphatic heterocycles. The summed E-state index contributed by atoms with van der Waals surface area (Å²) in [7, 11) is 0. The van der Waals surface area contributed by atoms with Gasteiger partial charge >= 0.3 is 0 Å². The second-order valence-corrected chi connectivity index (χ2v) is 5.24. The summed E-state index contributed by atoms with van der Waals surface area (Å²) >= 11 is 0. The van der Waals surface area contributed by atoms with Crippen LogP contribution in [0.5, 0.6) is 0 Å². The summed E-state index contributed by atoms with van der Waals surface area (Å²) in [6.45, 7) is 2.84. The summed E-state index contributed by atoms with van der Waals surface area (Å²) in [6, 6.07) is 3.40. The zero-order valence-electron chi connectivity index (χ0n) is 9.43. The van der Waals surface area contributed by atoms with E-state index in [-0.39, 0.29) is 11.8 Å². The molecule has 4 nitrogen and oxygen atoms in total. The van der Waals surface area contributed by atoms with Crippen molar-refractivity contribution in [3.05, 3.63) is 0 Å². The van der Waals surface area contributed by atoms with Crippen LogP contribution in [0.1, 0.15) is 25.7 Å². The number of nitriles is 1. The molecule has 0 aromatic heterocycles. The molecule has 2 saturated heterocycles. The first-order valence-corrected chi connectivity index (χ1v) is 6.21. The average molecular weight is 219 g/mol. The molecule has 1 aliphatic carbocycles. The second-order valence-electron chi connectivity index (χ2n) is 5.24. The van der Waals surface area contributed by atoms with Crippen molar-refractivity contribution in [2.75, 3.05) is 19.6 Å². The van der Waals surface area contributed by atoms with Gasteiger partial charge < -0.3 is 4.90 Å². The minimum Gasteiger partial charge on any atom is -0.337 e. The van der Waals surface area contributed by atoms with Gasteiger partial charge in [0, 0.05) is 38.1 Å². The van der Waals surface area contributed by atoms with Crippen LogP contribution in [0, 0.1) is 17.2 Å². The van der Waals surface area contributed by atoms with E-state index in [0.29, 0.717) is 19.0 Å². The molecule has 1 saturated carbocycles. The SMILES string of the molecule is N#CC1CC(=O)N(C2CCN(C3CC3)C2)C1. The topological polar surface area (TPSA) is 47.3 Å². The quantitative estimate of drug-likeness (QED) is 0.683. The molecule has 0 aromatic rings. The van der Waals surface area contributed by atoms with Gasteiger partial charge in [-0.05, 0) is 19.3 Å². The van der Waals surface area contributed by atoms with Crippen molar-refractivity contribution < 1.29 is 4.79 Å². The van der Waals surface area contributed by atoms with Gasteiger partial charge in [0.15, 0.2) is 0 Å². The molecule has 0 spiro atoms. The fourth-order valence-corrected chi connectivity index (χ4v) is 2.96. The van der Waals surface area contributed by atoms with Gasteiger partial charge in [0.25, 0.3) is 0 Å². The Labute approximate surface area is 95.8 Å². The number of likely N-dealkylation sites (tertiary alicyclic amines) is 2. The normalized spacial score (nSPS) is 35.7. The highest BCUT2D eigenvalue weighted by molar-refractivity contribution is 5.79. The molecule has 0 bridgehead atoms. The molecular weight excluding hydrogens is 202 g/mol. The largest absolute Gasteiger partial charge is 0.337 e. The first-order valence-electron chi connectivity index (χ1n) is 6.21. The third-order valence-electron chi connectivity index (χ3n) is 4.04. The van der Waals surface area contributed by atoms with Gasteiger partial charge in [-0.2, -0.15) is 5.26 Å². The van der Waals surface area contributed by atoms with Crippen LogP contribution in [0.4, 0.5) is 0 Å². The van der Waals surface area contributed by atoms with Gasteiger partial charge in [-0.3, -0.25) is 9.69 Å². The van der Waals surface area contributed by atoms with Crippen LogP contribution >= 0.6 is 0 Å². The Kier molecular flexibility index (Phi) is 2.36. The number of rotatable bonds is 2. The zero-order valence-corrected chi connectivity index (χ0v) is 9.43. The van der Waals surface area contributed by atoms with E-state index < -0.39 is 0 Å². The molecular formula is C12H17N3O. The van der Waals surface area contributed by atoms with Crippen LogP contribution < -0.4 is 0 Å². The minimum atomic E-state index is -0.0672. The Bertz CT molecular complexity index is 345. The average Bonchev–Trinajstić information content (AvgIpc) is 2.89. The van der Waals surface area contributed by atoms with Crippen LogP contribution in [0.25, 0.3) is 0 Å². The third kappa shape index (κ3) is 1.69. The molecule has 0 aromatic carbocycles. The van der Waals surface area contributed by atoms with E-state index in [9.17, 15) is 4.79 Å². The Hall–Kier alpha value is -1.08. The van der Waals surface area contributed by atoms with Gasteiger partial charge in [-0.15, -0.1) is 0 Å². The van der Waals surface area contributed by atoms with Crippen LogP contribution in [0.2, 0.25) is 0 Å². The lowest BCUT2D eigenvalue weighted by Crippen LogP contribution is -2.39. The van der Waals surface area contributed by atoms with E-state index in [1.165, 1.54) is 12.8 Å². The molecule has 0 radical (unpaired) electrons. The van der Waals surface area contributed by atoms with Gasteiger partial charge in [-0.1, -0.05) is 0 Å². The van der Waals surface area contributed by atoms with Gasteiger partial charge in [0.2, 0.25) is 5.91 Å². The number of hydrogen-bond acceptors (Lipinski definition) is 3. The first-order chi connectivity index (χ1) is 7.78. The fraction of sp³-hybridized carbons (Fsp3) is 0.833. The van der Waals surface area contributed by atoms with Gasteiger partial charge in [-0.25, -0.2) is 0 Å². The summed E-state index contributed by atoms with van der Waals surface area (Å²) in [5, 5.41) is 8.86. The van der Waals surface area contributed by atoms with Crippen LogP contribution in [0.15, 0.2) is 0 Å². The molecule has 16 heavy (non-hydrogen) atoms. The summed E-state index contributed by atoms with van der Waals surface area (Å²) in [6.07, 6.45) is 4.21. The van der Waals surface area contributed by atoms with Gasteiger partial charge in [0.1, 0.15) is 0 Å². The molecule has 3 rings (SSSR count). The standard InChI is InChI=1S/C12H17N3O/c13-6-9-5-12(16)15(7-9)11-3-4-14(8-11)10-1-2-10/h9-11H,1-5,7-8H2. The second kappa shape index (κ2) is 3.74. The molecule has 2 heterocycles. The predicted molar refractivity (Wildman–Crippen MR) is 58.4 cm³/mol. The van der Waals surface area contributed by atoms with Crippen LogP contribution in [0.3, 0.4) is 0 Å². The summed E-state index contributed by atoms with van der Waals surface area (Å²) in [5.74, 6) is 0.122. The molecule has 2 atom stereocenters. The molecule has 0 N–H and O–H groups in total. The Balaban J connectivity index is 1.61. The highest BCUT2D eigenvalue weighted by Gasteiger charge is 2.40. The lowest BCUT2D eigenvalue weighted by atomic mass is 10.1. The zero-order chi connectivity index (χ0) is 11.1. The Morgan fingerprint density at radius 1 is 1.19 bits per heavy atom. The van der Waals surface area contributed by atoms with Crippen molar-refractivity contribution in [3.63, 3.8) is 0 Å². The smallest absolute Gasteiger partial charge is 0.224 e. The van der Waals surface area contributed by atoms with Crippen molar-refractivity contribution in [3.8, 4) is 6.07 Å². The first kappa shape index (κ1) is 10.1. The monoisotopic (exact) mass is 219 g/mol. The molecule has 86 valence electrons. The lowest BCUT2D eigenvalue weighted by Gasteiger charge is -2.24. The van der Waals surface area contributed by atoms with E-state index in [0.717, 1.165) is 25.6 Å². The van der Waals surface area contributed by atoms with E-state index in [1.807, 2.05) is 4.90 Å². The molecule has 4 heteroatoms. The van der Waals surface area contributed by atoms with E-state index in [2.05, 4.69) is 11.0 Å². The molecule has 2 unspecified atom stereocenters. The minimum absolute atomic E-state index is 0.0672. The summed E-state index contributed by atoms with van der Waals surface area (Å²) in [5.41, 5.74) is 0. The molecule has 3 aliphatic rings. The maximum Gasteiger partial charge on any atom is 0.224 e. The highest BCUT2D eigenvalue weighted by atomic mass is 16.2. The van der Waals surface area contributed by atoms with Crippen LogP contribution in [-0.4, -0.2) is 47.4 Å². The van der Waals surface area contributed by atoms with E-state index in [4.69, 9.17) is 5.26 Å². The van der Waals surface area contributed by atoms with Crippen molar-refractivity contribution in [1.29, 1.82) is 5.26 Å². The number of hydrogen-bond donors (Lipinski definition) is 0. The maximum atomic E-state index is 11.8. The molecule has 3 fully saturated rings. The van der Waals surface area contributed by atoms with Crippen molar-refractivity contribution in [2.45, 2.75) is 37.8 Å². The van der Waals surface area contributed by atoms with Gasteiger partial charge in [0.05, 0.1) is 12.0 Å². The number of amides is 1. The highest BCUT2D eigenvalue weighted by Crippen LogP contribution is 2.32. The van der Waals surface area contributed by atoms with Crippen molar-refractivity contribution >= 4 is 5.91 Å². The molecule has 1 amide bonds. The van der Waals surface area contributed by atoms with E-state index >= 15 is 0 Å². The van der Waals surface area contributed by atoms with Crippen LogP contribution in [-0.2, 0) is 4.79 Å². The Morgan fingerprint density at radius 3 is 2.62 bits per heavy atom. The maximum absolute atomic E-state index is 11.8. The summed E-state index contributed by atoms with van der Waals surface area (Å²) in [4.78, 5) is 16.2. The van der Waals surface area contributed by atoms with Crippen molar-refractivity contribution in [1.82, 2.24) is 9.80 Å². The lowest BCUT2D eigenvalue weighted by molar-refractivity contribution is -0.129. The number of nitrogens with zero attached hydrogens (tertiary/aromatic N) is 3. The number of carbonyl (C=O) groups excluding carboxylic acids is 1. The number of carbonyl (C=O) groups is 1. The predicted octanol–water partition coefficient (Wildman–Crippen LogP) is 0.595. The fourth-order valence-electron chi connectivity index (χ4n) is 2.96. The van der Waals surface area contributed by atoms with E-state index in [1.54, 1.807) is 0 Å². The summed E-state index contributed by atoms with van der Waals surface area (Å²) < 4.78 is 0.